The number of hydrogen-bond donors (Lipinski definition) is 1. The van der Waals surface area contributed by atoms with Crippen LogP contribution in [0.2, 0.25) is 0 Å². The van der Waals surface area contributed by atoms with Gasteiger partial charge in [0.15, 0.2) is 0 Å². The average molecular weight is 426 g/mol. The van der Waals surface area contributed by atoms with E-state index in [-0.39, 0.29) is 22.6 Å². The van der Waals surface area contributed by atoms with Gasteiger partial charge in [-0.2, -0.15) is 8.42 Å². The van der Waals surface area contributed by atoms with E-state index in [1.807, 2.05) is 13.0 Å². The first-order chi connectivity index (χ1) is 14.3. The molecular formula is C22H23N3O4S. The number of aromatic amines is 1. The topological polar surface area (TPSA) is 92.4 Å². The van der Waals surface area contributed by atoms with Crippen LogP contribution in [0.15, 0.2) is 59.8 Å². The molecule has 0 bridgehead atoms. The fraction of sp³-hybridized carbons (Fsp3) is 0.273. The molecule has 1 aliphatic heterocycles. The summed E-state index contributed by atoms with van der Waals surface area (Å²) < 4.78 is 30.6. The third kappa shape index (κ3) is 3.95. The van der Waals surface area contributed by atoms with E-state index in [0.717, 1.165) is 24.2 Å². The number of aromatic nitrogens is 2. The van der Waals surface area contributed by atoms with Crippen LogP contribution in [0.4, 0.5) is 0 Å². The van der Waals surface area contributed by atoms with E-state index in [2.05, 4.69) is 9.97 Å². The summed E-state index contributed by atoms with van der Waals surface area (Å²) in [6, 6.07) is 11.3. The minimum atomic E-state index is -3.96. The van der Waals surface area contributed by atoms with E-state index in [1.54, 1.807) is 48.5 Å². The molecular weight excluding hydrogens is 402 g/mol. The largest absolute Gasteiger partial charge is 0.379 e. The molecule has 0 spiro atoms. The summed E-state index contributed by atoms with van der Waals surface area (Å²) in [5, 5.41) is 0. The maximum Gasteiger partial charge on any atom is 0.339 e. The number of benzene rings is 2. The lowest BCUT2D eigenvalue weighted by molar-refractivity contribution is 0.0730. The number of aryl methyl sites for hydroxylation is 2. The second-order valence-corrected chi connectivity index (χ2v) is 8.98. The van der Waals surface area contributed by atoms with Gasteiger partial charge in [0.2, 0.25) is 0 Å². The van der Waals surface area contributed by atoms with E-state index < -0.39 is 10.1 Å². The molecule has 0 unspecified atom stereocenters. The summed E-state index contributed by atoms with van der Waals surface area (Å²) in [5.74, 6) is 0.828. The number of carbonyl (C=O) groups excluding carboxylic acids is 1. The van der Waals surface area contributed by atoms with Crippen LogP contribution in [0.5, 0.6) is 5.75 Å². The highest BCUT2D eigenvalue weighted by molar-refractivity contribution is 7.87. The first kappa shape index (κ1) is 20.2. The molecule has 2 aromatic carbocycles. The van der Waals surface area contributed by atoms with E-state index in [9.17, 15) is 13.2 Å². The molecule has 2 heterocycles. The highest BCUT2D eigenvalue weighted by Gasteiger charge is 2.32. The number of imidazole rings is 1. The third-order valence-corrected chi connectivity index (χ3v) is 6.66. The first-order valence-corrected chi connectivity index (χ1v) is 11.2. The van der Waals surface area contributed by atoms with Gasteiger partial charge < -0.3 is 14.1 Å². The van der Waals surface area contributed by atoms with Crippen molar-refractivity contribution in [1.82, 2.24) is 14.9 Å². The van der Waals surface area contributed by atoms with Gasteiger partial charge in [-0.05, 0) is 68.1 Å². The smallest absolute Gasteiger partial charge is 0.339 e. The molecule has 1 aromatic heterocycles. The Morgan fingerprint density at radius 1 is 1.17 bits per heavy atom. The number of hydrogen-bond acceptors (Lipinski definition) is 5. The van der Waals surface area contributed by atoms with Gasteiger partial charge in [-0.3, -0.25) is 4.79 Å². The number of nitrogens with one attached hydrogen (secondary N) is 1. The Kier molecular flexibility index (Phi) is 5.34. The fourth-order valence-corrected chi connectivity index (χ4v) is 4.97. The molecule has 4 rings (SSSR count). The van der Waals surface area contributed by atoms with E-state index in [1.165, 1.54) is 12.1 Å². The Bertz CT molecular complexity index is 1160. The minimum absolute atomic E-state index is 0.0758. The summed E-state index contributed by atoms with van der Waals surface area (Å²) in [7, 11) is -3.96. The van der Waals surface area contributed by atoms with Gasteiger partial charge in [0, 0.05) is 24.5 Å². The predicted molar refractivity (Wildman–Crippen MR) is 112 cm³/mol. The number of nitrogens with zero attached hydrogens (tertiary/aromatic N) is 2. The molecule has 1 amide bonds. The van der Waals surface area contributed by atoms with Crippen LogP contribution in [0.1, 0.15) is 46.2 Å². The Morgan fingerprint density at radius 3 is 2.63 bits per heavy atom. The lowest BCUT2D eigenvalue weighted by atomic mass is 10.1. The van der Waals surface area contributed by atoms with Crippen LogP contribution < -0.4 is 4.18 Å². The second-order valence-electron chi connectivity index (χ2n) is 7.46. The Morgan fingerprint density at radius 2 is 1.93 bits per heavy atom. The maximum atomic E-state index is 13.0. The molecule has 0 saturated carbocycles. The minimum Gasteiger partial charge on any atom is -0.379 e. The second kappa shape index (κ2) is 7.95. The van der Waals surface area contributed by atoms with Gasteiger partial charge in [0.25, 0.3) is 5.91 Å². The summed E-state index contributed by atoms with van der Waals surface area (Å²) in [6.45, 7) is 4.21. The molecule has 1 fully saturated rings. The van der Waals surface area contributed by atoms with Crippen molar-refractivity contribution in [3.8, 4) is 5.75 Å². The zero-order chi connectivity index (χ0) is 21.3. The summed E-state index contributed by atoms with van der Waals surface area (Å²) >= 11 is 0. The molecule has 1 saturated heterocycles. The molecule has 1 atom stereocenters. The standard InChI is InChI=1S/C22H23N3O4S/c1-15-5-6-16(2)20(14-15)30(27,28)29-18-9-7-17(8-10-18)22(26)25-13-3-4-19(25)21-23-11-12-24-21/h5-12,14,19H,3-4,13H2,1-2H3,(H,23,24)/t19-/m0/s1. The van der Waals surface area contributed by atoms with Crippen LogP contribution in [-0.2, 0) is 10.1 Å². The lowest BCUT2D eigenvalue weighted by Crippen LogP contribution is -2.31. The average Bonchev–Trinajstić information content (AvgIpc) is 3.41. The number of rotatable bonds is 5. The van der Waals surface area contributed by atoms with Crippen molar-refractivity contribution in [3.63, 3.8) is 0 Å². The van der Waals surface area contributed by atoms with Crippen LogP contribution in [0.25, 0.3) is 0 Å². The van der Waals surface area contributed by atoms with Crippen molar-refractivity contribution in [2.45, 2.75) is 37.6 Å². The van der Waals surface area contributed by atoms with E-state index >= 15 is 0 Å². The third-order valence-electron chi connectivity index (χ3n) is 5.27. The quantitative estimate of drug-likeness (QED) is 0.628. The number of H-pyrrole nitrogens is 1. The van der Waals surface area contributed by atoms with Crippen LogP contribution >= 0.6 is 0 Å². The fourth-order valence-electron chi connectivity index (χ4n) is 3.72. The first-order valence-electron chi connectivity index (χ1n) is 9.77. The molecule has 8 heteroatoms. The normalized spacial score (nSPS) is 16.6. The highest BCUT2D eigenvalue weighted by Crippen LogP contribution is 2.31. The molecule has 1 aliphatic rings. The lowest BCUT2D eigenvalue weighted by Gasteiger charge is -2.23. The van der Waals surface area contributed by atoms with Crippen molar-refractivity contribution in [2.24, 2.45) is 0 Å². The molecule has 1 N–H and O–H groups in total. The molecule has 7 nitrogen and oxygen atoms in total. The van der Waals surface area contributed by atoms with Gasteiger partial charge in [-0.1, -0.05) is 12.1 Å². The summed E-state index contributed by atoms with van der Waals surface area (Å²) in [5.41, 5.74) is 1.93. The monoisotopic (exact) mass is 425 g/mol. The van der Waals surface area contributed by atoms with Gasteiger partial charge in [0.1, 0.15) is 16.5 Å². The van der Waals surface area contributed by atoms with Crippen LogP contribution in [0, 0.1) is 13.8 Å². The Labute approximate surface area is 175 Å². The van der Waals surface area contributed by atoms with Crippen LogP contribution in [-0.4, -0.2) is 35.7 Å². The molecule has 30 heavy (non-hydrogen) atoms. The summed E-state index contributed by atoms with van der Waals surface area (Å²) in [6.07, 6.45) is 5.19. The van der Waals surface area contributed by atoms with E-state index in [0.29, 0.717) is 17.7 Å². The summed E-state index contributed by atoms with van der Waals surface area (Å²) in [4.78, 5) is 22.3. The van der Waals surface area contributed by atoms with Gasteiger partial charge in [-0.25, -0.2) is 4.98 Å². The van der Waals surface area contributed by atoms with Crippen molar-refractivity contribution in [3.05, 3.63) is 77.4 Å². The highest BCUT2D eigenvalue weighted by atomic mass is 32.2. The van der Waals surface area contributed by atoms with Crippen molar-refractivity contribution in [1.29, 1.82) is 0 Å². The Balaban J connectivity index is 1.51. The van der Waals surface area contributed by atoms with Gasteiger partial charge in [-0.15, -0.1) is 0 Å². The SMILES string of the molecule is Cc1ccc(C)c(S(=O)(=O)Oc2ccc(C(=O)N3CCC[C@H]3c3ncc[nH]3)cc2)c1. The predicted octanol–water partition coefficient (Wildman–Crippen LogP) is 3.77. The molecule has 0 aliphatic carbocycles. The van der Waals surface area contributed by atoms with Crippen molar-refractivity contribution >= 4 is 16.0 Å². The zero-order valence-electron chi connectivity index (χ0n) is 16.8. The van der Waals surface area contributed by atoms with Crippen molar-refractivity contribution in [2.75, 3.05) is 6.54 Å². The number of amides is 1. The van der Waals surface area contributed by atoms with Gasteiger partial charge >= 0.3 is 10.1 Å². The van der Waals surface area contributed by atoms with Crippen molar-refractivity contribution < 1.29 is 17.4 Å². The van der Waals surface area contributed by atoms with Crippen LogP contribution in [0.3, 0.4) is 0 Å². The maximum absolute atomic E-state index is 13.0. The Hall–Kier alpha value is -3.13. The molecule has 156 valence electrons. The number of likely N-dealkylation sites (tertiary alicyclic amines) is 1. The number of carbonyl (C=O) groups is 1. The van der Waals surface area contributed by atoms with Gasteiger partial charge in [0.05, 0.1) is 6.04 Å². The zero-order valence-corrected chi connectivity index (χ0v) is 17.6. The van der Waals surface area contributed by atoms with E-state index in [4.69, 9.17) is 4.18 Å². The molecule has 0 radical (unpaired) electrons. The molecule has 3 aromatic rings.